The molecule has 0 N–H and O–H groups in total. The standard InChI is InChI=1S/C6H12.C5H6/c1-6-4-2-3-5-6;1-2-4-5-3-1/h6H,2-5H2,1H3;1-4H,5H2. The van der Waals surface area contributed by atoms with E-state index in [-0.39, 0.29) is 0 Å². The third kappa shape index (κ3) is 4.02. The van der Waals surface area contributed by atoms with Gasteiger partial charge in [-0.1, -0.05) is 56.9 Å². The number of allylic oxidation sites excluding steroid dienone is 4. The van der Waals surface area contributed by atoms with E-state index in [1.807, 2.05) is 0 Å². The third-order valence-corrected chi connectivity index (χ3v) is 2.30. The highest BCUT2D eigenvalue weighted by atomic mass is 14.1. The van der Waals surface area contributed by atoms with Crippen LogP contribution in [0.3, 0.4) is 0 Å². The van der Waals surface area contributed by atoms with Crippen LogP contribution in [-0.4, -0.2) is 0 Å². The van der Waals surface area contributed by atoms with E-state index in [2.05, 4.69) is 31.2 Å². The van der Waals surface area contributed by atoms with Gasteiger partial charge in [0.05, 0.1) is 0 Å². The Morgan fingerprint density at radius 2 is 1.55 bits per heavy atom. The summed E-state index contributed by atoms with van der Waals surface area (Å²) < 4.78 is 0. The van der Waals surface area contributed by atoms with Crippen molar-refractivity contribution in [2.24, 2.45) is 5.92 Å². The summed E-state index contributed by atoms with van der Waals surface area (Å²) >= 11 is 0. The molecule has 0 bridgehead atoms. The van der Waals surface area contributed by atoms with Crippen LogP contribution in [0, 0.1) is 5.92 Å². The highest BCUT2D eigenvalue weighted by molar-refractivity contribution is 5.11. The van der Waals surface area contributed by atoms with E-state index in [0.717, 1.165) is 12.3 Å². The molecule has 0 amide bonds. The van der Waals surface area contributed by atoms with E-state index in [0.29, 0.717) is 0 Å². The summed E-state index contributed by atoms with van der Waals surface area (Å²) in [6, 6.07) is 0. The van der Waals surface area contributed by atoms with Gasteiger partial charge in [-0.15, -0.1) is 0 Å². The van der Waals surface area contributed by atoms with Crippen molar-refractivity contribution < 1.29 is 0 Å². The molecule has 2 aliphatic rings. The SMILES string of the molecule is C1=CCC=C1.CC1CCCC1. The first kappa shape index (κ1) is 8.58. The Morgan fingerprint density at radius 1 is 1.00 bits per heavy atom. The van der Waals surface area contributed by atoms with Crippen LogP contribution in [0.4, 0.5) is 0 Å². The molecule has 0 radical (unpaired) electrons. The van der Waals surface area contributed by atoms with E-state index in [1.165, 1.54) is 25.7 Å². The predicted octanol–water partition coefficient (Wildman–Crippen LogP) is 3.70. The van der Waals surface area contributed by atoms with E-state index in [4.69, 9.17) is 0 Å². The predicted molar refractivity (Wildman–Crippen MR) is 50.5 cm³/mol. The van der Waals surface area contributed by atoms with Crippen molar-refractivity contribution in [2.45, 2.75) is 39.0 Å². The molecule has 62 valence electrons. The van der Waals surface area contributed by atoms with Gasteiger partial charge in [0.2, 0.25) is 0 Å². The van der Waals surface area contributed by atoms with Crippen LogP contribution in [0.5, 0.6) is 0 Å². The second-order valence-corrected chi connectivity index (χ2v) is 3.48. The first-order valence-corrected chi connectivity index (χ1v) is 4.71. The maximum atomic E-state index is 2.34. The van der Waals surface area contributed by atoms with Crippen molar-refractivity contribution in [3.8, 4) is 0 Å². The van der Waals surface area contributed by atoms with Crippen LogP contribution < -0.4 is 0 Å². The molecule has 11 heavy (non-hydrogen) atoms. The molecule has 0 spiro atoms. The molecule has 0 atom stereocenters. The number of rotatable bonds is 0. The molecule has 0 heteroatoms. The lowest BCUT2D eigenvalue weighted by Crippen LogP contribution is -1.78. The van der Waals surface area contributed by atoms with Gasteiger partial charge >= 0.3 is 0 Å². The Kier molecular flexibility index (Phi) is 4.03. The fourth-order valence-electron chi connectivity index (χ4n) is 1.52. The minimum Gasteiger partial charge on any atom is -0.0808 e. The highest BCUT2D eigenvalue weighted by Gasteiger charge is 2.07. The Bertz CT molecular complexity index is 126. The Hall–Kier alpha value is -0.520. The van der Waals surface area contributed by atoms with Crippen molar-refractivity contribution in [1.82, 2.24) is 0 Å². The van der Waals surface area contributed by atoms with Crippen LogP contribution in [0.25, 0.3) is 0 Å². The monoisotopic (exact) mass is 150 g/mol. The highest BCUT2D eigenvalue weighted by Crippen LogP contribution is 2.22. The van der Waals surface area contributed by atoms with Crippen LogP contribution in [0.2, 0.25) is 0 Å². The van der Waals surface area contributed by atoms with Gasteiger partial charge in [-0.05, 0) is 12.3 Å². The summed E-state index contributed by atoms with van der Waals surface area (Å²) in [4.78, 5) is 0. The molecule has 1 fully saturated rings. The zero-order valence-corrected chi connectivity index (χ0v) is 7.42. The molecular weight excluding hydrogens is 132 g/mol. The molecule has 2 rings (SSSR count). The Labute approximate surface area is 70.0 Å². The van der Waals surface area contributed by atoms with Crippen molar-refractivity contribution in [3.05, 3.63) is 24.3 Å². The minimum atomic E-state index is 1.05. The molecule has 0 aliphatic heterocycles. The lowest BCUT2D eigenvalue weighted by Gasteiger charge is -1.91. The van der Waals surface area contributed by atoms with Gasteiger partial charge in [-0.25, -0.2) is 0 Å². The summed E-state index contributed by atoms with van der Waals surface area (Å²) in [6.45, 7) is 2.34. The van der Waals surface area contributed by atoms with Crippen molar-refractivity contribution in [2.75, 3.05) is 0 Å². The van der Waals surface area contributed by atoms with Crippen molar-refractivity contribution in [3.63, 3.8) is 0 Å². The molecule has 0 saturated heterocycles. The molecule has 1 saturated carbocycles. The number of hydrogen-bond acceptors (Lipinski definition) is 0. The van der Waals surface area contributed by atoms with E-state index < -0.39 is 0 Å². The first-order chi connectivity index (χ1) is 5.39. The maximum Gasteiger partial charge on any atom is -0.0163 e. The third-order valence-electron chi connectivity index (χ3n) is 2.30. The molecule has 0 aromatic heterocycles. The van der Waals surface area contributed by atoms with Crippen molar-refractivity contribution >= 4 is 0 Å². The quantitative estimate of drug-likeness (QED) is 0.494. The van der Waals surface area contributed by atoms with Gasteiger partial charge in [0.25, 0.3) is 0 Å². The van der Waals surface area contributed by atoms with E-state index >= 15 is 0 Å². The van der Waals surface area contributed by atoms with Crippen LogP contribution in [0.15, 0.2) is 24.3 Å². The maximum absolute atomic E-state index is 2.34. The van der Waals surface area contributed by atoms with Gasteiger partial charge in [0.1, 0.15) is 0 Å². The number of hydrogen-bond donors (Lipinski definition) is 0. The largest absolute Gasteiger partial charge is 0.0808 e. The summed E-state index contributed by atoms with van der Waals surface area (Å²) in [6.07, 6.45) is 15.4. The zero-order valence-electron chi connectivity index (χ0n) is 7.42. The molecule has 0 unspecified atom stereocenters. The summed E-state index contributed by atoms with van der Waals surface area (Å²) in [5, 5.41) is 0. The summed E-state index contributed by atoms with van der Waals surface area (Å²) in [5.74, 6) is 1.05. The van der Waals surface area contributed by atoms with Gasteiger partial charge in [0.15, 0.2) is 0 Å². The lowest BCUT2D eigenvalue weighted by molar-refractivity contribution is 0.612. The second-order valence-electron chi connectivity index (χ2n) is 3.48. The fraction of sp³-hybridized carbons (Fsp3) is 0.636. The minimum absolute atomic E-state index is 1.05. The molecular formula is C11H18. The fourth-order valence-corrected chi connectivity index (χ4v) is 1.52. The Balaban J connectivity index is 0.000000112. The average Bonchev–Trinajstić information content (AvgIpc) is 2.57. The van der Waals surface area contributed by atoms with Crippen molar-refractivity contribution in [1.29, 1.82) is 0 Å². The van der Waals surface area contributed by atoms with E-state index in [9.17, 15) is 0 Å². The second kappa shape index (κ2) is 5.17. The van der Waals surface area contributed by atoms with Crippen LogP contribution in [0.1, 0.15) is 39.0 Å². The van der Waals surface area contributed by atoms with Gasteiger partial charge in [-0.3, -0.25) is 0 Å². The Morgan fingerprint density at radius 3 is 1.73 bits per heavy atom. The summed E-state index contributed by atoms with van der Waals surface area (Å²) in [7, 11) is 0. The molecule has 0 aromatic carbocycles. The van der Waals surface area contributed by atoms with Gasteiger partial charge < -0.3 is 0 Å². The normalized spacial score (nSPS) is 21.9. The topological polar surface area (TPSA) is 0 Å². The van der Waals surface area contributed by atoms with Gasteiger partial charge in [0, 0.05) is 0 Å². The average molecular weight is 150 g/mol. The van der Waals surface area contributed by atoms with Crippen LogP contribution >= 0.6 is 0 Å². The summed E-state index contributed by atoms with van der Waals surface area (Å²) in [5.41, 5.74) is 0. The lowest BCUT2D eigenvalue weighted by atomic mass is 10.2. The first-order valence-electron chi connectivity index (χ1n) is 4.71. The molecule has 0 nitrogen and oxygen atoms in total. The van der Waals surface area contributed by atoms with Crippen LogP contribution in [-0.2, 0) is 0 Å². The molecule has 0 aromatic rings. The molecule has 2 aliphatic carbocycles. The van der Waals surface area contributed by atoms with E-state index in [1.54, 1.807) is 0 Å². The van der Waals surface area contributed by atoms with Gasteiger partial charge in [-0.2, -0.15) is 0 Å². The zero-order chi connectivity index (χ0) is 7.94. The smallest absolute Gasteiger partial charge is 0.0163 e. The molecule has 0 heterocycles.